The predicted octanol–water partition coefficient (Wildman–Crippen LogP) is 4.68. The number of methoxy groups -OCH3 is 1. The molecule has 0 fully saturated rings. The van der Waals surface area contributed by atoms with E-state index >= 15 is 0 Å². The van der Waals surface area contributed by atoms with Crippen LogP contribution in [-0.4, -0.2) is 23.5 Å². The number of nitrogens with zero attached hydrogens (tertiary/aromatic N) is 1. The monoisotopic (exact) mass is 396 g/mol. The van der Waals surface area contributed by atoms with Crippen LogP contribution < -0.4 is 10.3 Å². The van der Waals surface area contributed by atoms with E-state index in [9.17, 15) is 18.0 Å². The number of aromatic nitrogens is 1. The van der Waals surface area contributed by atoms with E-state index in [0.29, 0.717) is 0 Å². The number of aromatic amines is 1. The largest absolute Gasteiger partial charge is 0.496 e. The number of hydrogen-bond acceptors (Lipinski definition) is 4. The van der Waals surface area contributed by atoms with Gasteiger partial charge in [0.05, 0.1) is 24.5 Å². The SMILES string of the molecule is COc1ccc(Cl)cc1-c1c(C=NO)c(=O)[nH]c2ccc(C(F)(F)F)cc12. The summed E-state index contributed by atoms with van der Waals surface area (Å²) in [6.07, 6.45) is -3.72. The van der Waals surface area contributed by atoms with Crippen LogP contribution in [0.25, 0.3) is 22.0 Å². The standard InChI is InChI=1S/C18H12ClF3N2O3/c1-27-15-5-3-10(19)7-12(15)16-11-6-9(18(20,21)22)2-4-14(11)24-17(25)13(16)8-23-26/h2-8,26H,1H3,(H,24,25). The second-order valence-electron chi connectivity index (χ2n) is 5.59. The first-order valence-electron chi connectivity index (χ1n) is 7.55. The van der Waals surface area contributed by atoms with Gasteiger partial charge in [-0.1, -0.05) is 16.8 Å². The van der Waals surface area contributed by atoms with Gasteiger partial charge in [0.15, 0.2) is 0 Å². The van der Waals surface area contributed by atoms with Crippen molar-refractivity contribution in [1.29, 1.82) is 0 Å². The number of alkyl halides is 3. The maximum Gasteiger partial charge on any atom is 0.416 e. The molecular weight excluding hydrogens is 385 g/mol. The first kappa shape index (κ1) is 18.8. The lowest BCUT2D eigenvalue weighted by atomic mass is 9.94. The van der Waals surface area contributed by atoms with Gasteiger partial charge in [0.25, 0.3) is 5.56 Å². The van der Waals surface area contributed by atoms with Gasteiger partial charge in [-0.15, -0.1) is 0 Å². The van der Waals surface area contributed by atoms with Crippen molar-refractivity contribution < 1.29 is 23.1 Å². The van der Waals surface area contributed by atoms with Crippen molar-refractivity contribution in [1.82, 2.24) is 4.98 Å². The average molecular weight is 397 g/mol. The fourth-order valence-corrected chi connectivity index (χ4v) is 3.00. The first-order valence-corrected chi connectivity index (χ1v) is 7.92. The molecule has 0 unspecified atom stereocenters. The molecule has 0 aliphatic heterocycles. The number of hydrogen-bond donors (Lipinski definition) is 2. The molecule has 27 heavy (non-hydrogen) atoms. The van der Waals surface area contributed by atoms with Crippen LogP contribution in [0.5, 0.6) is 5.75 Å². The van der Waals surface area contributed by atoms with Crippen molar-refractivity contribution in [3.63, 3.8) is 0 Å². The summed E-state index contributed by atoms with van der Waals surface area (Å²) in [5.41, 5.74) is -1.09. The van der Waals surface area contributed by atoms with Gasteiger partial charge < -0.3 is 14.9 Å². The van der Waals surface area contributed by atoms with E-state index in [1.54, 1.807) is 6.07 Å². The lowest BCUT2D eigenvalue weighted by Crippen LogP contribution is -2.15. The van der Waals surface area contributed by atoms with E-state index < -0.39 is 17.3 Å². The van der Waals surface area contributed by atoms with Crippen LogP contribution in [-0.2, 0) is 6.18 Å². The first-order chi connectivity index (χ1) is 12.8. The number of nitrogens with one attached hydrogen (secondary N) is 1. The molecule has 140 valence electrons. The van der Waals surface area contributed by atoms with Crippen molar-refractivity contribution >= 4 is 28.7 Å². The molecule has 0 spiro atoms. The average Bonchev–Trinajstić information content (AvgIpc) is 2.61. The van der Waals surface area contributed by atoms with Gasteiger partial charge in [-0.3, -0.25) is 4.79 Å². The maximum atomic E-state index is 13.2. The molecule has 3 aromatic rings. The third kappa shape index (κ3) is 3.48. The molecule has 0 amide bonds. The Labute approximate surface area is 155 Å². The molecule has 0 aliphatic rings. The van der Waals surface area contributed by atoms with E-state index in [0.717, 1.165) is 18.3 Å². The third-order valence-corrected chi connectivity index (χ3v) is 4.23. The second-order valence-corrected chi connectivity index (χ2v) is 6.03. The minimum atomic E-state index is -4.58. The molecule has 9 heteroatoms. The molecule has 0 saturated heterocycles. The highest BCUT2D eigenvalue weighted by Gasteiger charge is 2.31. The van der Waals surface area contributed by atoms with Gasteiger partial charge in [-0.25, -0.2) is 0 Å². The highest BCUT2D eigenvalue weighted by atomic mass is 35.5. The summed E-state index contributed by atoms with van der Waals surface area (Å²) in [6, 6.07) is 7.48. The van der Waals surface area contributed by atoms with Gasteiger partial charge >= 0.3 is 6.18 Å². The molecule has 2 aromatic carbocycles. The summed E-state index contributed by atoms with van der Waals surface area (Å²) in [4.78, 5) is 14.9. The number of rotatable bonds is 3. The fourth-order valence-electron chi connectivity index (χ4n) is 2.83. The van der Waals surface area contributed by atoms with Crippen molar-refractivity contribution in [3.8, 4) is 16.9 Å². The zero-order chi connectivity index (χ0) is 19.8. The molecule has 0 atom stereocenters. The summed E-state index contributed by atoms with van der Waals surface area (Å²) >= 11 is 6.04. The van der Waals surface area contributed by atoms with E-state index in [-0.39, 0.29) is 38.4 Å². The molecule has 1 aromatic heterocycles. The van der Waals surface area contributed by atoms with Crippen molar-refractivity contribution in [3.05, 3.63) is 62.9 Å². The summed E-state index contributed by atoms with van der Waals surface area (Å²) in [5.74, 6) is 0.288. The Morgan fingerprint density at radius 2 is 1.96 bits per heavy atom. The fraction of sp³-hybridized carbons (Fsp3) is 0.111. The van der Waals surface area contributed by atoms with Crippen LogP contribution in [0.2, 0.25) is 5.02 Å². The summed E-state index contributed by atoms with van der Waals surface area (Å²) < 4.78 is 44.9. The van der Waals surface area contributed by atoms with Crippen molar-refractivity contribution in [2.45, 2.75) is 6.18 Å². The molecule has 0 radical (unpaired) electrons. The lowest BCUT2D eigenvalue weighted by Gasteiger charge is -2.15. The number of oxime groups is 1. The summed E-state index contributed by atoms with van der Waals surface area (Å²) in [6.45, 7) is 0. The van der Waals surface area contributed by atoms with Gasteiger partial charge in [-0.05, 0) is 36.4 Å². The van der Waals surface area contributed by atoms with Crippen LogP contribution in [0.3, 0.4) is 0 Å². The number of H-pyrrole nitrogens is 1. The Morgan fingerprint density at radius 3 is 2.59 bits per heavy atom. The zero-order valence-electron chi connectivity index (χ0n) is 13.8. The molecule has 0 aliphatic carbocycles. The minimum absolute atomic E-state index is 0.0971. The molecule has 0 bridgehead atoms. The van der Waals surface area contributed by atoms with Crippen LogP contribution in [0.1, 0.15) is 11.1 Å². The molecular formula is C18H12ClF3N2O3. The number of fused-ring (bicyclic) bond motifs is 1. The smallest absolute Gasteiger partial charge is 0.416 e. The maximum absolute atomic E-state index is 13.2. The molecule has 0 saturated carbocycles. The van der Waals surface area contributed by atoms with Gasteiger partial charge in [-0.2, -0.15) is 13.2 Å². The Hall–Kier alpha value is -3.00. The van der Waals surface area contributed by atoms with E-state index in [2.05, 4.69) is 10.1 Å². The van der Waals surface area contributed by atoms with E-state index in [4.69, 9.17) is 21.5 Å². The van der Waals surface area contributed by atoms with E-state index in [1.165, 1.54) is 25.3 Å². The summed E-state index contributed by atoms with van der Waals surface area (Å²) in [5, 5.41) is 12.2. The highest BCUT2D eigenvalue weighted by molar-refractivity contribution is 6.31. The lowest BCUT2D eigenvalue weighted by molar-refractivity contribution is -0.137. The normalized spacial score (nSPS) is 12.0. The van der Waals surface area contributed by atoms with Crippen LogP contribution >= 0.6 is 11.6 Å². The third-order valence-electron chi connectivity index (χ3n) is 4.00. The minimum Gasteiger partial charge on any atom is -0.496 e. The topological polar surface area (TPSA) is 74.7 Å². The quantitative estimate of drug-likeness (QED) is 0.383. The highest BCUT2D eigenvalue weighted by Crippen LogP contribution is 2.39. The van der Waals surface area contributed by atoms with Crippen molar-refractivity contribution in [2.24, 2.45) is 5.16 Å². The molecule has 3 rings (SSSR count). The number of benzene rings is 2. The molecule has 5 nitrogen and oxygen atoms in total. The zero-order valence-corrected chi connectivity index (χ0v) is 14.5. The number of halogens is 4. The van der Waals surface area contributed by atoms with E-state index in [1.807, 2.05) is 0 Å². The summed E-state index contributed by atoms with van der Waals surface area (Å²) in [7, 11) is 1.38. The Kier molecular flexibility index (Phi) is 4.84. The van der Waals surface area contributed by atoms with Crippen LogP contribution in [0, 0.1) is 0 Å². The molecule has 2 N–H and O–H groups in total. The van der Waals surface area contributed by atoms with Crippen molar-refractivity contribution in [2.75, 3.05) is 7.11 Å². The Bertz CT molecular complexity index is 1110. The van der Waals surface area contributed by atoms with Gasteiger partial charge in [0, 0.05) is 27.1 Å². The number of ether oxygens (including phenoxy) is 1. The van der Waals surface area contributed by atoms with Gasteiger partial charge in [0.1, 0.15) is 5.75 Å². The Morgan fingerprint density at radius 1 is 1.22 bits per heavy atom. The Balaban J connectivity index is 2.52. The van der Waals surface area contributed by atoms with Gasteiger partial charge in [0.2, 0.25) is 0 Å². The molecule has 1 heterocycles. The second kappa shape index (κ2) is 6.96. The number of pyridine rings is 1. The van der Waals surface area contributed by atoms with Crippen LogP contribution in [0.4, 0.5) is 13.2 Å². The van der Waals surface area contributed by atoms with Crippen LogP contribution in [0.15, 0.2) is 46.3 Å². The predicted molar refractivity (Wildman–Crippen MR) is 95.9 cm³/mol.